The fourth-order valence-electron chi connectivity index (χ4n) is 1.71. The number of halogens is 2. The van der Waals surface area contributed by atoms with Crippen LogP contribution in [-0.4, -0.2) is 17.6 Å². The van der Waals surface area contributed by atoms with Crippen molar-refractivity contribution >= 4 is 5.91 Å². The third-order valence-electron chi connectivity index (χ3n) is 2.71. The second-order valence-corrected chi connectivity index (χ2v) is 4.26. The van der Waals surface area contributed by atoms with E-state index in [0.29, 0.717) is 0 Å². The number of phenols is 1. The van der Waals surface area contributed by atoms with Gasteiger partial charge in [0.25, 0.3) is 5.91 Å². The van der Waals surface area contributed by atoms with E-state index in [9.17, 15) is 13.6 Å². The average Bonchev–Trinajstić information content (AvgIpc) is 2.46. The van der Waals surface area contributed by atoms with E-state index in [1.807, 2.05) is 0 Å². The third kappa shape index (κ3) is 4.45. The minimum Gasteiger partial charge on any atom is -0.508 e. The van der Waals surface area contributed by atoms with E-state index in [-0.39, 0.29) is 23.6 Å². The fraction of sp³-hybridized carbons (Fsp3) is 0.133. The van der Waals surface area contributed by atoms with Gasteiger partial charge in [0.2, 0.25) is 0 Å². The predicted molar refractivity (Wildman–Crippen MR) is 72.4 cm³/mol. The molecule has 0 radical (unpaired) electrons. The van der Waals surface area contributed by atoms with E-state index in [4.69, 9.17) is 5.11 Å². The number of alkyl halides is 2. The van der Waals surface area contributed by atoms with E-state index in [2.05, 4.69) is 10.1 Å². The van der Waals surface area contributed by atoms with E-state index in [0.717, 1.165) is 5.56 Å². The second kappa shape index (κ2) is 6.69. The monoisotopic (exact) mass is 293 g/mol. The molecule has 0 atom stereocenters. The van der Waals surface area contributed by atoms with Gasteiger partial charge in [-0.1, -0.05) is 18.2 Å². The van der Waals surface area contributed by atoms with Crippen molar-refractivity contribution in [3.8, 4) is 11.5 Å². The Kier molecular flexibility index (Phi) is 4.71. The lowest BCUT2D eigenvalue weighted by atomic mass is 10.2. The van der Waals surface area contributed by atoms with Gasteiger partial charge < -0.3 is 15.2 Å². The number of rotatable bonds is 5. The minimum atomic E-state index is -2.93. The first-order valence-electron chi connectivity index (χ1n) is 6.15. The Morgan fingerprint density at radius 3 is 2.57 bits per heavy atom. The number of carbonyl (C=O) groups is 1. The molecule has 0 bridgehead atoms. The normalized spacial score (nSPS) is 10.4. The number of carbonyl (C=O) groups excluding carboxylic acids is 1. The van der Waals surface area contributed by atoms with Crippen molar-refractivity contribution in [2.75, 3.05) is 0 Å². The topological polar surface area (TPSA) is 58.6 Å². The Morgan fingerprint density at radius 2 is 1.90 bits per heavy atom. The lowest BCUT2D eigenvalue weighted by molar-refractivity contribution is -0.0498. The summed E-state index contributed by atoms with van der Waals surface area (Å²) in [5.41, 5.74) is 1.04. The highest BCUT2D eigenvalue weighted by molar-refractivity contribution is 5.94. The Balaban J connectivity index is 1.98. The number of hydrogen-bond acceptors (Lipinski definition) is 3. The molecule has 0 heterocycles. The summed E-state index contributed by atoms with van der Waals surface area (Å²) in [5.74, 6) is -0.327. The van der Waals surface area contributed by atoms with Crippen molar-refractivity contribution in [2.45, 2.75) is 13.2 Å². The molecule has 2 aromatic rings. The first kappa shape index (κ1) is 14.8. The van der Waals surface area contributed by atoms with Gasteiger partial charge in [0.1, 0.15) is 11.5 Å². The van der Waals surface area contributed by atoms with Crippen LogP contribution in [0.1, 0.15) is 15.9 Å². The van der Waals surface area contributed by atoms with Crippen LogP contribution in [-0.2, 0) is 6.54 Å². The summed E-state index contributed by atoms with van der Waals surface area (Å²) < 4.78 is 28.5. The van der Waals surface area contributed by atoms with Crippen LogP contribution >= 0.6 is 0 Å². The van der Waals surface area contributed by atoms with E-state index in [1.165, 1.54) is 36.4 Å². The van der Waals surface area contributed by atoms with Gasteiger partial charge in [-0.15, -0.1) is 0 Å². The van der Waals surface area contributed by atoms with E-state index < -0.39 is 12.5 Å². The predicted octanol–water partition coefficient (Wildman–Crippen LogP) is 2.92. The zero-order valence-corrected chi connectivity index (χ0v) is 10.9. The highest BCUT2D eigenvalue weighted by Gasteiger charge is 2.09. The molecule has 0 saturated carbocycles. The Morgan fingerprint density at radius 1 is 1.19 bits per heavy atom. The van der Waals surface area contributed by atoms with Crippen molar-refractivity contribution in [1.82, 2.24) is 5.32 Å². The van der Waals surface area contributed by atoms with Crippen molar-refractivity contribution < 1.29 is 23.4 Å². The summed E-state index contributed by atoms with van der Waals surface area (Å²) in [6.45, 7) is -2.67. The number of aromatic hydroxyl groups is 1. The summed E-state index contributed by atoms with van der Waals surface area (Å²) in [6, 6.07) is 11.9. The zero-order valence-electron chi connectivity index (χ0n) is 10.9. The van der Waals surface area contributed by atoms with Crippen molar-refractivity contribution in [2.24, 2.45) is 0 Å². The largest absolute Gasteiger partial charge is 0.508 e. The van der Waals surface area contributed by atoms with Crippen LogP contribution in [0.4, 0.5) is 8.78 Å². The molecule has 21 heavy (non-hydrogen) atoms. The van der Waals surface area contributed by atoms with Crippen LogP contribution in [0.2, 0.25) is 0 Å². The molecule has 1 amide bonds. The molecule has 0 fully saturated rings. The van der Waals surface area contributed by atoms with Crippen LogP contribution in [0.25, 0.3) is 0 Å². The van der Waals surface area contributed by atoms with Gasteiger partial charge in [0.15, 0.2) is 0 Å². The van der Waals surface area contributed by atoms with Crippen LogP contribution in [0, 0.1) is 0 Å². The smallest absolute Gasteiger partial charge is 0.387 e. The second-order valence-electron chi connectivity index (χ2n) is 4.26. The van der Waals surface area contributed by atoms with E-state index in [1.54, 1.807) is 12.1 Å². The first-order chi connectivity index (χ1) is 10.0. The maximum Gasteiger partial charge on any atom is 0.387 e. The standard InChI is InChI=1S/C15H13F2NO3/c16-15(17)21-13-3-1-2-11(8-13)14(20)18-9-10-4-6-12(19)7-5-10/h1-8,15,19H,9H2,(H,18,20). The molecule has 0 aliphatic rings. The average molecular weight is 293 g/mol. The van der Waals surface area contributed by atoms with Crippen LogP contribution in [0.3, 0.4) is 0 Å². The summed E-state index contributed by atoms with van der Waals surface area (Å²) in [5, 5.41) is 11.8. The maximum atomic E-state index is 12.1. The molecule has 0 unspecified atom stereocenters. The molecule has 0 spiro atoms. The quantitative estimate of drug-likeness (QED) is 0.891. The molecule has 2 N–H and O–H groups in total. The van der Waals surface area contributed by atoms with Crippen molar-refractivity contribution in [1.29, 1.82) is 0 Å². The van der Waals surface area contributed by atoms with E-state index >= 15 is 0 Å². The SMILES string of the molecule is O=C(NCc1ccc(O)cc1)c1cccc(OC(F)F)c1. The van der Waals surface area contributed by atoms with Gasteiger partial charge in [0.05, 0.1) is 0 Å². The summed E-state index contributed by atoms with van der Waals surface area (Å²) in [4.78, 5) is 11.9. The Labute approximate surface area is 120 Å². The number of phenolic OH excluding ortho intramolecular Hbond substituents is 1. The summed E-state index contributed by atoms with van der Waals surface area (Å²) in [7, 11) is 0. The molecule has 6 heteroatoms. The molecular formula is C15H13F2NO3. The van der Waals surface area contributed by atoms with Gasteiger partial charge in [0, 0.05) is 12.1 Å². The van der Waals surface area contributed by atoms with Gasteiger partial charge in [-0.3, -0.25) is 4.79 Å². The number of nitrogens with one attached hydrogen (secondary N) is 1. The van der Waals surface area contributed by atoms with Gasteiger partial charge in [-0.25, -0.2) is 0 Å². The number of ether oxygens (including phenoxy) is 1. The fourth-order valence-corrected chi connectivity index (χ4v) is 1.71. The molecule has 4 nitrogen and oxygen atoms in total. The lowest BCUT2D eigenvalue weighted by Gasteiger charge is -2.08. The molecule has 0 aliphatic heterocycles. The highest BCUT2D eigenvalue weighted by atomic mass is 19.3. The Bertz CT molecular complexity index is 615. The summed E-state index contributed by atoms with van der Waals surface area (Å²) >= 11 is 0. The summed E-state index contributed by atoms with van der Waals surface area (Å²) in [6.07, 6.45) is 0. The van der Waals surface area contributed by atoms with Crippen LogP contribution in [0.15, 0.2) is 48.5 Å². The molecule has 2 rings (SSSR count). The molecule has 0 aliphatic carbocycles. The Hall–Kier alpha value is -2.63. The van der Waals surface area contributed by atoms with Crippen LogP contribution < -0.4 is 10.1 Å². The lowest BCUT2D eigenvalue weighted by Crippen LogP contribution is -2.22. The third-order valence-corrected chi connectivity index (χ3v) is 2.71. The highest BCUT2D eigenvalue weighted by Crippen LogP contribution is 2.16. The minimum absolute atomic E-state index is 0.0673. The van der Waals surface area contributed by atoms with Crippen molar-refractivity contribution in [3.63, 3.8) is 0 Å². The molecule has 0 saturated heterocycles. The first-order valence-corrected chi connectivity index (χ1v) is 6.15. The molecule has 110 valence electrons. The van der Waals surface area contributed by atoms with Gasteiger partial charge in [-0.05, 0) is 35.9 Å². The number of benzene rings is 2. The van der Waals surface area contributed by atoms with Gasteiger partial charge >= 0.3 is 6.61 Å². The molecule has 0 aromatic heterocycles. The van der Waals surface area contributed by atoms with Crippen molar-refractivity contribution in [3.05, 3.63) is 59.7 Å². The number of hydrogen-bond donors (Lipinski definition) is 2. The number of amides is 1. The molecular weight excluding hydrogens is 280 g/mol. The van der Waals surface area contributed by atoms with Crippen LogP contribution in [0.5, 0.6) is 11.5 Å². The molecule has 2 aromatic carbocycles. The maximum absolute atomic E-state index is 12.1. The zero-order chi connectivity index (χ0) is 15.2. The van der Waals surface area contributed by atoms with Gasteiger partial charge in [-0.2, -0.15) is 8.78 Å².